The maximum atomic E-state index is 14.8. The van der Waals surface area contributed by atoms with E-state index in [-0.39, 0.29) is 81.6 Å². The van der Waals surface area contributed by atoms with Crippen LogP contribution in [-0.2, 0) is 75.2 Å². The van der Waals surface area contributed by atoms with Gasteiger partial charge in [-0.1, -0.05) is 104 Å². The molecule has 0 radical (unpaired) electrons. The summed E-state index contributed by atoms with van der Waals surface area (Å²) >= 11 is 0. The Balaban J connectivity index is 1.53. The molecule has 536 valence electrons. The summed E-state index contributed by atoms with van der Waals surface area (Å²) < 4.78 is 0. The molecule has 30 nitrogen and oxygen atoms in total. The number of hydrogen-bond donors (Lipinski definition) is 16. The third-order valence-corrected chi connectivity index (χ3v) is 16.2. The number of rotatable bonds is 40. The molecule has 2 aromatic carbocycles. The summed E-state index contributed by atoms with van der Waals surface area (Å²) in [6, 6.07) is -0.0268. The predicted octanol–water partition coefficient (Wildman–Crippen LogP) is 0.395. The molecule has 10 amide bonds. The number of fused-ring (bicyclic) bond motifs is 1. The molecule has 0 unspecified atom stereocenters. The zero-order valence-corrected chi connectivity index (χ0v) is 56.8. The third-order valence-electron chi connectivity index (χ3n) is 16.2. The van der Waals surface area contributed by atoms with Gasteiger partial charge < -0.3 is 89.0 Å². The van der Waals surface area contributed by atoms with E-state index >= 15 is 0 Å². The SMILES string of the molecule is CC(C)C[C@H](NC(=O)[C@H](CCC(=O)O)NC(=O)[C@H](CC(C)C)NC(=O)[C@H](CC(C)C)NC(=O)[C@@H](NC(=O)[C@H](CCC(=O)O)NC(=O)[C@@H](NC(=O)[C@@H]1CCCN1C(=O)[C@H](Cc1ccccc1)NC(=O)[C@H](CC(C)C)NC(=O)[C@@H](N)Cc1c[nH]c2ccccc12)[C@@H](C)O)[C@@H](C)O)C(=O)O. The summed E-state index contributed by atoms with van der Waals surface area (Å²) in [5, 5.41) is 74.3. The number of H-pyrrole nitrogens is 1. The van der Waals surface area contributed by atoms with Crippen LogP contribution in [0.3, 0.4) is 0 Å². The molecule has 0 spiro atoms. The number of aromatic amines is 1. The lowest BCUT2D eigenvalue weighted by Crippen LogP contribution is -2.63. The second kappa shape index (κ2) is 38.6. The molecule has 17 N–H and O–H groups in total. The molecule has 3 aromatic rings. The fourth-order valence-corrected chi connectivity index (χ4v) is 11.3. The van der Waals surface area contributed by atoms with Crippen LogP contribution in [0, 0.1) is 23.7 Å². The van der Waals surface area contributed by atoms with Gasteiger partial charge in [0, 0.05) is 42.9 Å². The number of benzene rings is 2. The number of carboxylic acid groups (broad SMARTS) is 3. The lowest BCUT2D eigenvalue weighted by atomic mass is 9.99. The number of hydrogen-bond acceptors (Lipinski definition) is 16. The molecular weight excluding hydrogens is 1260 g/mol. The van der Waals surface area contributed by atoms with Gasteiger partial charge in [-0.05, 0) is 112 Å². The van der Waals surface area contributed by atoms with Crippen molar-refractivity contribution in [1.82, 2.24) is 57.7 Å². The average molecular weight is 1360 g/mol. The number of aliphatic hydroxyl groups is 2. The Hall–Kier alpha value is -9.03. The number of carbonyl (C=O) groups is 13. The number of amides is 10. The lowest BCUT2D eigenvalue weighted by molar-refractivity contribution is -0.143. The van der Waals surface area contributed by atoms with Gasteiger partial charge in [-0.3, -0.25) is 57.5 Å². The Kier molecular flexibility index (Phi) is 32.0. The monoisotopic (exact) mass is 1360 g/mol. The molecule has 1 aromatic heterocycles. The lowest BCUT2D eigenvalue weighted by Gasteiger charge is -2.32. The van der Waals surface area contributed by atoms with Crippen LogP contribution in [0.5, 0.6) is 0 Å². The van der Waals surface area contributed by atoms with Crippen molar-refractivity contribution in [3.63, 3.8) is 0 Å². The fraction of sp³-hybridized carbons (Fsp3) is 0.597. The summed E-state index contributed by atoms with van der Waals surface area (Å²) in [4.78, 5) is 181. The Morgan fingerprint density at radius 2 is 0.887 bits per heavy atom. The van der Waals surface area contributed by atoms with Crippen LogP contribution in [0.2, 0.25) is 0 Å². The molecule has 2 heterocycles. The van der Waals surface area contributed by atoms with Crippen LogP contribution in [0.4, 0.5) is 0 Å². The molecule has 1 aliphatic heterocycles. The quantitative estimate of drug-likeness (QED) is 0.0366. The summed E-state index contributed by atoms with van der Waals surface area (Å²) in [7, 11) is 0. The van der Waals surface area contributed by atoms with E-state index in [4.69, 9.17) is 5.73 Å². The Morgan fingerprint density at radius 1 is 0.485 bits per heavy atom. The van der Waals surface area contributed by atoms with E-state index in [1.165, 1.54) is 4.90 Å². The zero-order chi connectivity index (χ0) is 72.5. The van der Waals surface area contributed by atoms with Gasteiger partial charge in [0.15, 0.2) is 0 Å². The van der Waals surface area contributed by atoms with Gasteiger partial charge in [-0.15, -0.1) is 0 Å². The van der Waals surface area contributed by atoms with Crippen molar-refractivity contribution in [2.45, 2.75) is 225 Å². The van der Waals surface area contributed by atoms with Gasteiger partial charge in [0.1, 0.15) is 60.4 Å². The third kappa shape index (κ3) is 26.1. The van der Waals surface area contributed by atoms with Crippen LogP contribution >= 0.6 is 0 Å². The first-order valence-corrected chi connectivity index (χ1v) is 33.0. The highest BCUT2D eigenvalue weighted by Gasteiger charge is 2.42. The second-order valence-electron chi connectivity index (χ2n) is 26.7. The van der Waals surface area contributed by atoms with Crippen LogP contribution in [0.25, 0.3) is 10.9 Å². The average Bonchev–Trinajstić information content (AvgIpc) is 1.76. The molecule has 30 heteroatoms. The number of aromatic nitrogens is 1. The highest BCUT2D eigenvalue weighted by Crippen LogP contribution is 2.23. The number of nitrogens with one attached hydrogen (secondary N) is 10. The van der Waals surface area contributed by atoms with E-state index in [1.807, 2.05) is 38.1 Å². The van der Waals surface area contributed by atoms with Gasteiger partial charge in [-0.2, -0.15) is 0 Å². The molecule has 4 rings (SSSR count). The molecule has 1 saturated heterocycles. The summed E-state index contributed by atoms with van der Waals surface area (Å²) in [5.41, 5.74) is 8.71. The fourth-order valence-electron chi connectivity index (χ4n) is 11.3. The normalized spacial score (nSPS) is 16.8. The largest absolute Gasteiger partial charge is 0.481 e. The second-order valence-corrected chi connectivity index (χ2v) is 26.7. The number of carboxylic acids is 3. The molecule has 1 aliphatic rings. The highest BCUT2D eigenvalue weighted by molar-refractivity contribution is 6.00. The first-order chi connectivity index (χ1) is 45.6. The zero-order valence-electron chi connectivity index (χ0n) is 56.8. The van der Waals surface area contributed by atoms with Crippen molar-refractivity contribution in [2.75, 3.05) is 6.54 Å². The number of aliphatic hydroxyl groups excluding tert-OH is 2. The summed E-state index contributed by atoms with van der Waals surface area (Å²) in [6.45, 7) is 16.2. The van der Waals surface area contributed by atoms with Gasteiger partial charge in [-0.25, -0.2) is 4.79 Å². The minimum absolute atomic E-state index is 0.0117. The van der Waals surface area contributed by atoms with Crippen molar-refractivity contribution < 1.29 is 87.9 Å². The number of nitrogens with two attached hydrogens (primary N) is 1. The summed E-state index contributed by atoms with van der Waals surface area (Å²) in [5.74, 6) is -14.4. The Labute approximate surface area is 564 Å². The first-order valence-electron chi connectivity index (χ1n) is 33.0. The van der Waals surface area contributed by atoms with Gasteiger partial charge in [0.25, 0.3) is 0 Å². The molecule has 97 heavy (non-hydrogen) atoms. The number of likely N-dealkylation sites (tertiary alicyclic amines) is 1. The molecule has 0 bridgehead atoms. The predicted molar refractivity (Wildman–Crippen MR) is 355 cm³/mol. The number of carbonyl (C=O) groups excluding carboxylic acids is 10. The Morgan fingerprint density at radius 3 is 1.37 bits per heavy atom. The standard InChI is InChI=1S/C67H100N12O18/c1-34(2)27-47(72-57(86)43(68)32-41-33-69-44-20-15-14-19-42(41)44)62(91)75-50(31-40-17-12-11-13-18-40)66(95)79-26-16-21-52(79)63(92)78-56(39(10)81)64(93)71-46(23-25-54(84)85)59(88)77-55(38(9)80)65(94)74-49(29-36(5)6)61(90)73-48(28-35(3)4)60(89)70-45(22-24-53(82)83)58(87)76-51(67(96)97)30-37(7)8/h11-15,17-20,33-39,43,45-52,55-56,69,80-81H,16,21-32,68H2,1-10H3,(H,70,89)(H,71,93)(H,72,86)(H,73,90)(H,74,94)(H,75,91)(H,76,87)(H,77,88)(H,78,92)(H,82,83)(H,84,85)(H,96,97)/t38-,39-,43+,45+,46+,47+,48+,49+,50+,51+,52+,55+,56+/m1/s1. The van der Waals surface area contributed by atoms with Crippen molar-refractivity contribution in [3.05, 3.63) is 71.9 Å². The van der Waals surface area contributed by atoms with Crippen molar-refractivity contribution in [2.24, 2.45) is 29.4 Å². The topological polar surface area (TPSA) is 476 Å². The first kappa shape index (κ1) is 80.4. The van der Waals surface area contributed by atoms with Crippen molar-refractivity contribution >= 4 is 87.9 Å². The van der Waals surface area contributed by atoms with Crippen LogP contribution in [-0.4, -0.2) is 198 Å². The molecule has 1 fully saturated rings. The number of aliphatic carboxylic acids is 3. The van der Waals surface area contributed by atoms with E-state index < -0.39 is 181 Å². The highest BCUT2D eigenvalue weighted by atomic mass is 16.4. The van der Waals surface area contributed by atoms with E-state index in [2.05, 4.69) is 52.8 Å². The summed E-state index contributed by atoms with van der Waals surface area (Å²) in [6.07, 6.45) is -3.69. The van der Waals surface area contributed by atoms with Gasteiger partial charge in [0.2, 0.25) is 59.1 Å². The maximum Gasteiger partial charge on any atom is 0.326 e. The number of nitrogens with zero attached hydrogens (tertiary/aromatic N) is 1. The maximum absolute atomic E-state index is 14.8. The minimum Gasteiger partial charge on any atom is -0.481 e. The van der Waals surface area contributed by atoms with Crippen LogP contribution in [0.1, 0.15) is 145 Å². The Bertz CT molecular complexity index is 3210. The number of para-hydroxylation sites is 1. The van der Waals surface area contributed by atoms with E-state index in [1.54, 1.807) is 78.1 Å². The van der Waals surface area contributed by atoms with Crippen molar-refractivity contribution in [1.29, 1.82) is 0 Å². The van der Waals surface area contributed by atoms with E-state index in [0.29, 0.717) is 5.56 Å². The van der Waals surface area contributed by atoms with Gasteiger partial charge in [0.05, 0.1) is 18.2 Å². The molecule has 0 aliphatic carbocycles. The molecule has 0 saturated carbocycles. The smallest absolute Gasteiger partial charge is 0.326 e. The van der Waals surface area contributed by atoms with Gasteiger partial charge >= 0.3 is 17.9 Å². The molecular formula is C67H100N12O18. The minimum atomic E-state index is -1.92. The van der Waals surface area contributed by atoms with Crippen LogP contribution in [0.15, 0.2) is 60.8 Å². The van der Waals surface area contributed by atoms with E-state index in [9.17, 15) is 87.9 Å². The van der Waals surface area contributed by atoms with Crippen molar-refractivity contribution in [3.8, 4) is 0 Å². The van der Waals surface area contributed by atoms with Crippen LogP contribution < -0.4 is 53.6 Å². The van der Waals surface area contributed by atoms with E-state index in [0.717, 1.165) is 30.3 Å². The molecule has 13 atom stereocenters.